The first-order chi connectivity index (χ1) is 21.0. The second-order valence-electron chi connectivity index (χ2n) is 11.7. The van der Waals surface area contributed by atoms with Gasteiger partial charge in [0.2, 0.25) is 5.91 Å². The summed E-state index contributed by atoms with van der Waals surface area (Å²) in [6.45, 7) is 4.32. The van der Waals surface area contributed by atoms with E-state index in [9.17, 15) is 10.1 Å². The van der Waals surface area contributed by atoms with E-state index in [1.807, 2.05) is 42.2 Å². The van der Waals surface area contributed by atoms with Crippen LogP contribution in [-0.4, -0.2) is 63.3 Å². The van der Waals surface area contributed by atoms with Crippen LogP contribution < -0.4 is 15.4 Å². The molecule has 0 bridgehead atoms. The Hall–Kier alpha value is -4.95. The molecule has 4 aromatic rings. The molecule has 2 aliphatic heterocycles. The van der Waals surface area contributed by atoms with Crippen LogP contribution in [0.2, 0.25) is 0 Å². The third kappa shape index (κ3) is 5.49. The number of likely N-dealkylation sites (tertiary alicyclic amines) is 1. The number of hydrogen-bond donors (Lipinski definition) is 3. The normalized spacial score (nSPS) is 18.8. The Morgan fingerprint density at radius 2 is 1.98 bits per heavy atom. The Kier molecular flexibility index (Phi) is 6.91. The zero-order valence-electron chi connectivity index (χ0n) is 23.9. The molecular weight excluding hydrogens is 544 g/mol. The summed E-state index contributed by atoms with van der Waals surface area (Å²) in [5.74, 6) is 2.77. The Morgan fingerprint density at radius 3 is 2.72 bits per heavy atom. The fourth-order valence-corrected chi connectivity index (χ4v) is 5.69. The summed E-state index contributed by atoms with van der Waals surface area (Å²) in [6, 6.07) is 15.4. The first kappa shape index (κ1) is 26.9. The van der Waals surface area contributed by atoms with Gasteiger partial charge in [-0.05, 0) is 80.1 Å². The minimum absolute atomic E-state index is 0.0610. The lowest BCUT2D eigenvalue weighted by Gasteiger charge is -2.43. The maximum absolute atomic E-state index is 13.1. The fourth-order valence-electron chi connectivity index (χ4n) is 5.69. The molecule has 2 saturated heterocycles. The van der Waals surface area contributed by atoms with Gasteiger partial charge in [-0.2, -0.15) is 10.4 Å². The van der Waals surface area contributed by atoms with E-state index in [1.165, 1.54) is 5.57 Å². The number of rotatable bonds is 8. The number of benzene rings is 1. The third-order valence-corrected chi connectivity index (χ3v) is 8.20. The highest BCUT2D eigenvalue weighted by Crippen LogP contribution is 2.38. The van der Waals surface area contributed by atoms with Crippen molar-refractivity contribution in [1.82, 2.24) is 25.1 Å². The van der Waals surface area contributed by atoms with Gasteiger partial charge in [-0.1, -0.05) is 0 Å². The van der Waals surface area contributed by atoms with Crippen molar-refractivity contribution < 1.29 is 14.3 Å². The molecule has 7 rings (SSSR count). The van der Waals surface area contributed by atoms with Gasteiger partial charge in [0.1, 0.15) is 22.7 Å². The van der Waals surface area contributed by atoms with Gasteiger partial charge in [0, 0.05) is 43.3 Å². The van der Waals surface area contributed by atoms with Crippen molar-refractivity contribution in [1.29, 1.82) is 5.26 Å². The van der Waals surface area contributed by atoms with Crippen molar-refractivity contribution >= 4 is 34.3 Å². The number of nitrogens with one attached hydrogen (secondary N) is 3. The number of H-pyrrole nitrogens is 1. The minimum atomic E-state index is -0.410. The van der Waals surface area contributed by atoms with Crippen LogP contribution >= 0.6 is 0 Å². The summed E-state index contributed by atoms with van der Waals surface area (Å²) in [7, 11) is 0. The number of nitrogens with zero attached hydrogens (tertiary/aromatic N) is 5. The molecule has 3 aliphatic rings. The fraction of sp³-hybridized carbons (Fsp3) is 0.344. The largest absolute Gasteiger partial charge is 0.456 e. The molecule has 1 amide bonds. The Bertz CT molecular complexity index is 1750. The quantitative estimate of drug-likeness (QED) is 0.262. The number of amides is 1. The number of aromatic nitrogens is 4. The number of nitriles is 1. The van der Waals surface area contributed by atoms with Crippen molar-refractivity contribution in [3.63, 3.8) is 0 Å². The lowest BCUT2D eigenvalue weighted by Crippen LogP contribution is -2.56. The molecular formula is C32H32N8O3. The number of allylic oxidation sites excluding steroid dienone is 1. The standard InChI is InChI=1S/C32H32N8O3/c1-32(18-42-19-32)31(41)40-14-2-3-23(17-40)36-30-27-25(11-13-35-29(27)38-39-30)43-24-8-6-22(7-9-24)28(21-4-5-21)37-26-15-20(16-33)10-12-34-26/h6-13,15,23H,2-5,14,17-19H2,1H3,(H,34,37)(H2,35,36,38,39). The maximum Gasteiger partial charge on any atom is 0.233 e. The van der Waals surface area contributed by atoms with Crippen LogP contribution in [0.4, 0.5) is 11.6 Å². The predicted octanol–water partition coefficient (Wildman–Crippen LogP) is 5.07. The molecule has 43 heavy (non-hydrogen) atoms. The summed E-state index contributed by atoms with van der Waals surface area (Å²) >= 11 is 0. The highest BCUT2D eigenvalue weighted by atomic mass is 16.5. The zero-order valence-corrected chi connectivity index (χ0v) is 23.9. The van der Waals surface area contributed by atoms with E-state index in [0.29, 0.717) is 54.1 Å². The van der Waals surface area contributed by atoms with Gasteiger partial charge in [-0.25, -0.2) is 9.97 Å². The molecule has 1 aliphatic carbocycles. The van der Waals surface area contributed by atoms with Gasteiger partial charge in [0.25, 0.3) is 0 Å². The molecule has 0 radical (unpaired) electrons. The second kappa shape index (κ2) is 11.0. The first-order valence-corrected chi connectivity index (χ1v) is 14.6. The molecule has 3 fully saturated rings. The number of anilines is 2. The number of carbonyl (C=O) groups is 1. The van der Waals surface area contributed by atoms with Crippen molar-refractivity contribution in [2.24, 2.45) is 5.41 Å². The van der Waals surface area contributed by atoms with E-state index in [4.69, 9.17) is 9.47 Å². The molecule has 0 spiro atoms. The third-order valence-electron chi connectivity index (χ3n) is 8.20. The van der Waals surface area contributed by atoms with Gasteiger partial charge in [-0.15, -0.1) is 0 Å². The molecule has 11 heteroatoms. The molecule has 3 N–H and O–H groups in total. The molecule has 1 aromatic carbocycles. The number of ether oxygens (including phenoxy) is 2. The number of piperidine rings is 1. The van der Waals surface area contributed by atoms with Gasteiger partial charge in [-0.3, -0.25) is 9.89 Å². The topological polar surface area (TPSA) is 141 Å². The van der Waals surface area contributed by atoms with Crippen LogP contribution in [0.1, 0.15) is 43.7 Å². The molecule has 1 saturated carbocycles. The molecule has 1 atom stereocenters. The Morgan fingerprint density at radius 1 is 1.16 bits per heavy atom. The molecule has 11 nitrogen and oxygen atoms in total. The minimum Gasteiger partial charge on any atom is -0.456 e. The average molecular weight is 577 g/mol. The monoisotopic (exact) mass is 576 g/mol. The van der Waals surface area contributed by atoms with Crippen LogP contribution in [-0.2, 0) is 9.53 Å². The highest BCUT2D eigenvalue weighted by molar-refractivity contribution is 5.93. The number of carbonyl (C=O) groups excluding carboxylic acids is 1. The number of aromatic amines is 1. The van der Waals surface area contributed by atoms with Crippen LogP contribution in [0.5, 0.6) is 11.5 Å². The van der Waals surface area contributed by atoms with Crippen LogP contribution in [0, 0.1) is 16.7 Å². The van der Waals surface area contributed by atoms with E-state index >= 15 is 0 Å². The van der Waals surface area contributed by atoms with Crippen molar-refractivity contribution in [2.45, 2.75) is 38.6 Å². The molecule has 218 valence electrons. The smallest absolute Gasteiger partial charge is 0.233 e. The summed E-state index contributed by atoms with van der Waals surface area (Å²) in [5.41, 5.74) is 4.13. The lowest BCUT2D eigenvalue weighted by molar-refractivity contribution is -0.169. The van der Waals surface area contributed by atoms with E-state index in [1.54, 1.807) is 24.5 Å². The van der Waals surface area contributed by atoms with Crippen molar-refractivity contribution in [3.8, 4) is 17.6 Å². The Labute approximate surface area is 248 Å². The van der Waals surface area contributed by atoms with Gasteiger partial charge in [0.15, 0.2) is 11.5 Å². The van der Waals surface area contributed by atoms with Crippen molar-refractivity contribution in [2.75, 3.05) is 36.9 Å². The second-order valence-corrected chi connectivity index (χ2v) is 11.7. The van der Waals surface area contributed by atoms with Crippen LogP contribution in [0.3, 0.4) is 0 Å². The van der Waals surface area contributed by atoms with E-state index in [0.717, 1.165) is 48.9 Å². The SMILES string of the molecule is CC1(C(=O)N2CCCC(Nc3n[nH]c4nccc(Oc5ccc(C(Nc6cc(C#N)ccn6)=C6CC6)cc5)c34)C2)COC1. The number of hydrogen-bond acceptors (Lipinski definition) is 9. The predicted molar refractivity (Wildman–Crippen MR) is 161 cm³/mol. The van der Waals surface area contributed by atoms with E-state index in [-0.39, 0.29) is 11.9 Å². The van der Waals surface area contributed by atoms with E-state index < -0.39 is 5.41 Å². The number of fused-ring (bicyclic) bond motifs is 1. The number of pyridine rings is 2. The van der Waals surface area contributed by atoms with Crippen LogP contribution in [0.25, 0.3) is 16.7 Å². The van der Waals surface area contributed by atoms with Gasteiger partial charge in [0.05, 0.1) is 30.3 Å². The maximum atomic E-state index is 13.1. The summed E-state index contributed by atoms with van der Waals surface area (Å²) in [6.07, 6.45) is 7.25. The highest BCUT2D eigenvalue weighted by Gasteiger charge is 2.44. The van der Waals surface area contributed by atoms with Gasteiger partial charge >= 0.3 is 0 Å². The summed E-state index contributed by atoms with van der Waals surface area (Å²) in [4.78, 5) is 23.9. The molecule has 3 aromatic heterocycles. The van der Waals surface area contributed by atoms with Gasteiger partial charge < -0.3 is 25.0 Å². The van der Waals surface area contributed by atoms with E-state index in [2.05, 4.69) is 36.9 Å². The van der Waals surface area contributed by atoms with Crippen molar-refractivity contribution in [3.05, 3.63) is 71.6 Å². The van der Waals surface area contributed by atoms with Crippen LogP contribution in [0.15, 0.2) is 60.4 Å². The average Bonchev–Trinajstić information content (AvgIpc) is 3.79. The summed E-state index contributed by atoms with van der Waals surface area (Å²) < 4.78 is 11.7. The lowest BCUT2D eigenvalue weighted by atomic mass is 9.86. The first-order valence-electron chi connectivity index (χ1n) is 14.6. The molecule has 5 heterocycles. The zero-order chi connectivity index (χ0) is 29.4. The Balaban J connectivity index is 1.07. The molecule has 1 unspecified atom stereocenters. The summed E-state index contributed by atoms with van der Waals surface area (Å²) in [5, 5.41) is 24.5.